The minimum absolute atomic E-state index is 0.200. The van der Waals surface area contributed by atoms with Gasteiger partial charge in [-0.2, -0.15) is 0 Å². The van der Waals surface area contributed by atoms with Gasteiger partial charge in [0.05, 0.1) is 0 Å². The largest absolute Gasteiger partial charge is 0.457 e. The first-order chi connectivity index (χ1) is 9.83. The quantitative estimate of drug-likeness (QED) is 0.344. The van der Waals surface area contributed by atoms with E-state index in [4.69, 9.17) is 4.74 Å². The number of unbranched alkanes of at least 4 members (excludes halogenated alkanes) is 3. The topological polar surface area (TPSA) is 26.3 Å². The summed E-state index contributed by atoms with van der Waals surface area (Å²) in [5.74, 6) is 1.00. The molecule has 0 bridgehead atoms. The summed E-state index contributed by atoms with van der Waals surface area (Å²) in [6, 6.07) is 0. The number of hydrogen-bond acceptors (Lipinski definition) is 2. The van der Waals surface area contributed by atoms with Gasteiger partial charge in [0, 0.05) is 5.57 Å². The lowest BCUT2D eigenvalue weighted by molar-refractivity contribution is -0.150. The summed E-state index contributed by atoms with van der Waals surface area (Å²) in [4.78, 5) is 12.1. The van der Waals surface area contributed by atoms with Crippen molar-refractivity contribution >= 4 is 5.97 Å². The highest BCUT2D eigenvalue weighted by Gasteiger charge is 2.28. The average Bonchev–Trinajstić information content (AvgIpc) is 2.41. The third kappa shape index (κ3) is 7.15. The maximum atomic E-state index is 12.1. The average molecular weight is 294 g/mol. The molecule has 0 aliphatic heterocycles. The molecule has 0 aromatic carbocycles. The second kappa shape index (κ2) is 8.60. The maximum Gasteiger partial charge on any atom is 0.334 e. The molecule has 0 N–H and O–H groups in total. The zero-order chi connectivity index (χ0) is 15.9. The van der Waals surface area contributed by atoms with Crippen LogP contribution in [-0.4, -0.2) is 11.6 Å². The van der Waals surface area contributed by atoms with Crippen molar-refractivity contribution < 1.29 is 9.53 Å². The van der Waals surface area contributed by atoms with Crippen molar-refractivity contribution in [2.75, 3.05) is 0 Å². The first-order valence-corrected chi connectivity index (χ1v) is 8.75. The number of carbonyl (C=O) groups is 1. The highest BCUT2D eigenvalue weighted by Crippen LogP contribution is 2.35. The number of rotatable bonds is 7. The van der Waals surface area contributed by atoms with E-state index >= 15 is 0 Å². The molecule has 0 radical (unpaired) electrons. The summed E-state index contributed by atoms with van der Waals surface area (Å²) in [7, 11) is 0. The highest BCUT2D eigenvalue weighted by atomic mass is 16.6. The third-order valence-electron chi connectivity index (χ3n) is 4.47. The van der Waals surface area contributed by atoms with Gasteiger partial charge in [-0.1, -0.05) is 45.6 Å². The maximum absolute atomic E-state index is 12.1. The van der Waals surface area contributed by atoms with Crippen LogP contribution in [0.25, 0.3) is 0 Å². The number of carbonyl (C=O) groups excluding carboxylic acids is 1. The molecular formula is C19H34O2. The summed E-state index contributed by atoms with van der Waals surface area (Å²) in [6.45, 7) is 12.0. The molecule has 0 atom stereocenters. The Morgan fingerprint density at radius 2 is 1.71 bits per heavy atom. The lowest BCUT2D eigenvalue weighted by atomic mass is 9.77. The molecule has 0 unspecified atom stereocenters. The van der Waals surface area contributed by atoms with E-state index in [0.717, 1.165) is 18.8 Å². The summed E-state index contributed by atoms with van der Waals surface area (Å²) in [5, 5.41) is 0. The van der Waals surface area contributed by atoms with Gasteiger partial charge in [-0.15, -0.1) is 0 Å². The van der Waals surface area contributed by atoms with E-state index in [-0.39, 0.29) is 5.97 Å². The Kier molecular flexibility index (Phi) is 7.48. The Balaban J connectivity index is 2.29. The second-order valence-electron chi connectivity index (χ2n) is 7.59. The number of hydrogen-bond donors (Lipinski definition) is 0. The molecule has 0 spiro atoms. The second-order valence-corrected chi connectivity index (χ2v) is 7.59. The van der Waals surface area contributed by atoms with Gasteiger partial charge >= 0.3 is 5.97 Å². The van der Waals surface area contributed by atoms with Crippen molar-refractivity contribution in [2.24, 2.45) is 11.8 Å². The molecule has 0 heterocycles. The zero-order valence-corrected chi connectivity index (χ0v) is 14.5. The van der Waals surface area contributed by atoms with Crippen molar-refractivity contribution in [3.8, 4) is 0 Å². The van der Waals surface area contributed by atoms with Crippen LogP contribution in [0.4, 0.5) is 0 Å². The van der Waals surface area contributed by atoms with Crippen molar-refractivity contribution in [3.63, 3.8) is 0 Å². The molecule has 0 aromatic rings. The van der Waals surface area contributed by atoms with Gasteiger partial charge in [0.15, 0.2) is 0 Å². The Morgan fingerprint density at radius 3 is 2.24 bits per heavy atom. The molecule has 0 saturated heterocycles. The van der Waals surface area contributed by atoms with Gasteiger partial charge in [-0.3, -0.25) is 0 Å². The highest BCUT2D eigenvalue weighted by molar-refractivity contribution is 5.88. The third-order valence-corrected chi connectivity index (χ3v) is 4.47. The predicted octanol–water partition coefficient (Wildman–Crippen LogP) is 5.66. The summed E-state index contributed by atoms with van der Waals surface area (Å²) in [6.07, 6.45) is 11.5. The molecule has 1 rings (SSSR count). The van der Waals surface area contributed by atoms with Crippen LogP contribution in [-0.2, 0) is 9.53 Å². The van der Waals surface area contributed by atoms with Gasteiger partial charge in [-0.05, 0) is 58.3 Å². The fourth-order valence-electron chi connectivity index (χ4n) is 3.17. The Labute approximate surface area is 131 Å². The van der Waals surface area contributed by atoms with Gasteiger partial charge in [0.1, 0.15) is 5.60 Å². The fraction of sp³-hybridized carbons (Fsp3) is 0.842. The standard InChI is InChI=1S/C19H34O2/c1-6-7-8-9-10-16-11-13-17(14-12-16)15(2)18(20)21-19(3,4)5/h16-17H,2,6-14H2,1,3-5H3. The van der Waals surface area contributed by atoms with Gasteiger partial charge in [-0.25, -0.2) is 4.79 Å². The van der Waals surface area contributed by atoms with Crippen LogP contribution in [0.15, 0.2) is 12.2 Å². The minimum Gasteiger partial charge on any atom is -0.457 e. The Morgan fingerprint density at radius 1 is 1.10 bits per heavy atom. The van der Waals surface area contributed by atoms with E-state index in [2.05, 4.69) is 13.5 Å². The molecule has 122 valence electrons. The van der Waals surface area contributed by atoms with E-state index in [9.17, 15) is 4.79 Å². The number of esters is 1. The monoisotopic (exact) mass is 294 g/mol. The van der Waals surface area contributed by atoms with Crippen LogP contribution in [0.1, 0.15) is 85.5 Å². The lowest BCUT2D eigenvalue weighted by Gasteiger charge is -2.30. The van der Waals surface area contributed by atoms with Crippen LogP contribution in [0.3, 0.4) is 0 Å². The summed E-state index contributed by atoms with van der Waals surface area (Å²) < 4.78 is 5.43. The normalized spacial score (nSPS) is 22.9. The molecule has 2 heteroatoms. The summed E-state index contributed by atoms with van der Waals surface area (Å²) in [5.41, 5.74) is 0.269. The molecule has 1 saturated carbocycles. The van der Waals surface area contributed by atoms with Crippen LogP contribution >= 0.6 is 0 Å². The van der Waals surface area contributed by atoms with Crippen LogP contribution in [0.2, 0.25) is 0 Å². The molecule has 2 nitrogen and oxygen atoms in total. The SMILES string of the molecule is C=C(C(=O)OC(C)(C)C)C1CCC(CCCCCC)CC1. The van der Waals surface area contributed by atoms with Gasteiger partial charge in [0.25, 0.3) is 0 Å². The minimum atomic E-state index is -0.420. The molecule has 0 amide bonds. The van der Waals surface area contributed by atoms with Gasteiger partial charge in [0.2, 0.25) is 0 Å². The Bertz CT molecular complexity index is 330. The van der Waals surface area contributed by atoms with E-state index in [1.807, 2.05) is 20.8 Å². The van der Waals surface area contributed by atoms with E-state index < -0.39 is 5.60 Å². The molecule has 1 aliphatic carbocycles. The first-order valence-electron chi connectivity index (χ1n) is 8.75. The van der Waals surface area contributed by atoms with Crippen molar-refractivity contribution in [1.29, 1.82) is 0 Å². The van der Waals surface area contributed by atoms with Gasteiger partial charge < -0.3 is 4.74 Å². The lowest BCUT2D eigenvalue weighted by Crippen LogP contribution is -2.28. The smallest absolute Gasteiger partial charge is 0.334 e. The molecular weight excluding hydrogens is 260 g/mol. The Hall–Kier alpha value is -0.790. The van der Waals surface area contributed by atoms with E-state index in [0.29, 0.717) is 11.5 Å². The first kappa shape index (κ1) is 18.3. The molecule has 1 aliphatic rings. The van der Waals surface area contributed by atoms with Crippen LogP contribution in [0, 0.1) is 11.8 Å². The predicted molar refractivity (Wildman–Crippen MR) is 89.2 cm³/mol. The van der Waals surface area contributed by atoms with E-state index in [1.54, 1.807) is 0 Å². The van der Waals surface area contributed by atoms with Crippen LogP contribution < -0.4 is 0 Å². The van der Waals surface area contributed by atoms with E-state index in [1.165, 1.54) is 44.9 Å². The number of ether oxygens (including phenoxy) is 1. The van der Waals surface area contributed by atoms with Crippen molar-refractivity contribution in [1.82, 2.24) is 0 Å². The zero-order valence-electron chi connectivity index (χ0n) is 14.5. The summed E-state index contributed by atoms with van der Waals surface area (Å²) >= 11 is 0. The molecule has 0 aromatic heterocycles. The fourth-order valence-corrected chi connectivity index (χ4v) is 3.17. The molecule has 1 fully saturated rings. The molecule has 21 heavy (non-hydrogen) atoms. The van der Waals surface area contributed by atoms with Crippen LogP contribution in [0.5, 0.6) is 0 Å². The van der Waals surface area contributed by atoms with Crippen molar-refractivity contribution in [3.05, 3.63) is 12.2 Å². The van der Waals surface area contributed by atoms with Crippen molar-refractivity contribution in [2.45, 2.75) is 91.1 Å².